The normalized spacial score (nSPS) is 16.8. The van der Waals surface area contributed by atoms with E-state index >= 15 is 0 Å². The van der Waals surface area contributed by atoms with E-state index in [9.17, 15) is 14.7 Å². The van der Waals surface area contributed by atoms with Crippen molar-refractivity contribution in [1.82, 2.24) is 10.6 Å². The van der Waals surface area contributed by atoms with Crippen LogP contribution in [0.15, 0.2) is 65.9 Å². The number of aromatic hydroxyl groups is 1. The number of hydrogen-bond donors (Lipinski definition) is 3. The van der Waals surface area contributed by atoms with Crippen molar-refractivity contribution in [3.05, 3.63) is 77.0 Å². The highest BCUT2D eigenvalue weighted by molar-refractivity contribution is 5.95. The van der Waals surface area contributed by atoms with Gasteiger partial charge in [-0.1, -0.05) is 42.5 Å². The van der Waals surface area contributed by atoms with Crippen LogP contribution in [0.2, 0.25) is 0 Å². The van der Waals surface area contributed by atoms with Crippen LogP contribution in [-0.4, -0.2) is 17.1 Å². The van der Waals surface area contributed by atoms with E-state index in [1.54, 1.807) is 19.1 Å². The largest absolute Gasteiger partial charge is 0.508 e. The van der Waals surface area contributed by atoms with Crippen LogP contribution in [-0.2, 0) is 16.1 Å². The van der Waals surface area contributed by atoms with Crippen molar-refractivity contribution in [2.45, 2.75) is 19.6 Å². The van der Waals surface area contributed by atoms with E-state index < -0.39 is 18.0 Å². The maximum Gasteiger partial charge on any atom is 0.338 e. The second kappa shape index (κ2) is 7.09. The van der Waals surface area contributed by atoms with E-state index in [1.807, 2.05) is 30.3 Å². The van der Waals surface area contributed by atoms with Crippen LogP contribution in [0.5, 0.6) is 5.75 Å². The number of phenolic OH excluding ortho intramolecular Hbond substituents is 1. The molecule has 6 heteroatoms. The smallest absolute Gasteiger partial charge is 0.338 e. The van der Waals surface area contributed by atoms with Gasteiger partial charge in [-0.05, 0) is 30.2 Å². The van der Waals surface area contributed by atoms with Gasteiger partial charge < -0.3 is 20.5 Å². The Kier molecular flexibility index (Phi) is 4.70. The number of benzene rings is 2. The number of nitrogens with one attached hydrogen (secondary N) is 2. The molecule has 0 unspecified atom stereocenters. The van der Waals surface area contributed by atoms with Crippen molar-refractivity contribution in [2.24, 2.45) is 0 Å². The van der Waals surface area contributed by atoms with Gasteiger partial charge in [0, 0.05) is 5.70 Å². The molecule has 128 valence electrons. The number of amides is 2. The monoisotopic (exact) mass is 338 g/mol. The second-order valence-corrected chi connectivity index (χ2v) is 5.73. The molecule has 6 nitrogen and oxygen atoms in total. The molecule has 2 amide bonds. The fourth-order valence-corrected chi connectivity index (χ4v) is 2.72. The van der Waals surface area contributed by atoms with E-state index in [-0.39, 0.29) is 12.4 Å². The van der Waals surface area contributed by atoms with Crippen LogP contribution < -0.4 is 10.6 Å². The van der Waals surface area contributed by atoms with Crippen molar-refractivity contribution >= 4 is 12.0 Å². The van der Waals surface area contributed by atoms with Gasteiger partial charge in [-0.3, -0.25) is 0 Å². The summed E-state index contributed by atoms with van der Waals surface area (Å²) in [7, 11) is 0. The molecule has 2 aromatic rings. The SMILES string of the molecule is CC1=C(C(=O)OCc2ccccc2)[C@H](c2cccc(O)c2)NC(=O)N1. The van der Waals surface area contributed by atoms with E-state index in [0.717, 1.165) is 5.56 Å². The first kappa shape index (κ1) is 16.6. The zero-order valence-electron chi connectivity index (χ0n) is 13.7. The molecule has 2 aromatic carbocycles. The molecule has 0 radical (unpaired) electrons. The number of carbonyl (C=O) groups excluding carboxylic acids is 2. The first-order valence-corrected chi connectivity index (χ1v) is 7.83. The lowest BCUT2D eigenvalue weighted by atomic mass is 9.95. The van der Waals surface area contributed by atoms with Crippen molar-refractivity contribution < 1.29 is 19.4 Å². The summed E-state index contributed by atoms with van der Waals surface area (Å²) >= 11 is 0. The molecule has 0 saturated carbocycles. The molecule has 0 spiro atoms. The van der Waals surface area contributed by atoms with E-state index in [4.69, 9.17) is 4.74 Å². The van der Waals surface area contributed by atoms with Crippen molar-refractivity contribution in [1.29, 1.82) is 0 Å². The Labute approximate surface area is 145 Å². The highest BCUT2D eigenvalue weighted by Crippen LogP contribution is 2.29. The number of allylic oxidation sites excluding steroid dienone is 1. The molecule has 0 aromatic heterocycles. The summed E-state index contributed by atoms with van der Waals surface area (Å²) < 4.78 is 5.40. The number of rotatable bonds is 4. The van der Waals surface area contributed by atoms with Gasteiger partial charge in [0.1, 0.15) is 12.4 Å². The zero-order chi connectivity index (χ0) is 17.8. The Hall–Kier alpha value is -3.28. The highest BCUT2D eigenvalue weighted by Gasteiger charge is 2.32. The lowest BCUT2D eigenvalue weighted by Gasteiger charge is -2.28. The molecule has 1 heterocycles. The standard InChI is InChI=1S/C19H18N2O4/c1-12-16(18(23)25-11-13-6-3-2-4-7-13)17(21-19(24)20-12)14-8-5-9-15(22)10-14/h2-10,17,22H,11H2,1H3,(H2,20,21,24)/t17-/m0/s1. The molecule has 25 heavy (non-hydrogen) atoms. The van der Waals surface area contributed by atoms with Gasteiger partial charge in [0.15, 0.2) is 0 Å². The lowest BCUT2D eigenvalue weighted by Crippen LogP contribution is -2.45. The molecule has 0 bridgehead atoms. The average molecular weight is 338 g/mol. The molecule has 0 fully saturated rings. The van der Waals surface area contributed by atoms with Crippen molar-refractivity contribution in [3.63, 3.8) is 0 Å². The minimum Gasteiger partial charge on any atom is -0.508 e. The Morgan fingerprint density at radius 3 is 2.64 bits per heavy atom. The van der Waals surface area contributed by atoms with Crippen LogP contribution >= 0.6 is 0 Å². The van der Waals surface area contributed by atoms with Gasteiger partial charge >= 0.3 is 12.0 Å². The summed E-state index contributed by atoms with van der Waals surface area (Å²) in [5, 5.41) is 15.0. The Bertz CT molecular complexity index is 830. The maximum atomic E-state index is 12.6. The van der Waals surface area contributed by atoms with Crippen molar-refractivity contribution in [3.8, 4) is 5.75 Å². The number of carbonyl (C=O) groups is 2. The van der Waals surface area contributed by atoms with Crippen LogP contribution in [0.4, 0.5) is 4.79 Å². The Balaban J connectivity index is 1.85. The maximum absolute atomic E-state index is 12.6. The minimum absolute atomic E-state index is 0.0555. The molecule has 1 aliphatic heterocycles. The van der Waals surface area contributed by atoms with E-state index in [0.29, 0.717) is 16.8 Å². The first-order valence-electron chi connectivity index (χ1n) is 7.83. The summed E-state index contributed by atoms with van der Waals surface area (Å²) in [5.74, 6) is -0.470. The molecule has 1 aliphatic rings. The van der Waals surface area contributed by atoms with Crippen molar-refractivity contribution in [2.75, 3.05) is 0 Å². The fraction of sp³-hybridized carbons (Fsp3) is 0.158. The van der Waals surface area contributed by atoms with Gasteiger partial charge in [0.2, 0.25) is 0 Å². The molecule has 0 aliphatic carbocycles. The molecule has 3 N–H and O–H groups in total. The third kappa shape index (κ3) is 3.80. The number of esters is 1. The number of phenols is 1. The van der Waals surface area contributed by atoms with Gasteiger partial charge in [0.25, 0.3) is 0 Å². The summed E-state index contributed by atoms with van der Waals surface area (Å²) in [6.45, 7) is 1.78. The van der Waals surface area contributed by atoms with Gasteiger partial charge in [-0.15, -0.1) is 0 Å². The lowest BCUT2D eigenvalue weighted by molar-refractivity contribution is -0.140. The van der Waals surface area contributed by atoms with E-state index in [1.165, 1.54) is 12.1 Å². The third-order valence-corrected chi connectivity index (χ3v) is 3.91. The third-order valence-electron chi connectivity index (χ3n) is 3.91. The predicted molar refractivity (Wildman–Crippen MR) is 91.5 cm³/mol. The highest BCUT2D eigenvalue weighted by atomic mass is 16.5. The Morgan fingerprint density at radius 1 is 1.16 bits per heavy atom. The minimum atomic E-state index is -0.691. The van der Waals surface area contributed by atoms with Crippen LogP contribution in [0.25, 0.3) is 0 Å². The number of hydrogen-bond acceptors (Lipinski definition) is 4. The van der Waals surface area contributed by atoms with Crippen LogP contribution in [0, 0.1) is 0 Å². The molecule has 3 rings (SSSR count). The summed E-state index contributed by atoms with van der Waals surface area (Å²) in [6, 6.07) is 14.7. The van der Waals surface area contributed by atoms with Gasteiger partial charge in [0.05, 0.1) is 11.6 Å². The quantitative estimate of drug-likeness (QED) is 0.748. The number of urea groups is 1. The topological polar surface area (TPSA) is 87.7 Å². The molecular formula is C19H18N2O4. The van der Waals surface area contributed by atoms with Crippen LogP contribution in [0.3, 0.4) is 0 Å². The zero-order valence-corrected chi connectivity index (χ0v) is 13.7. The molecule has 0 saturated heterocycles. The summed E-state index contributed by atoms with van der Waals surface area (Å²) in [4.78, 5) is 24.4. The number of ether oxygens (including phenoxy) is 1. The van der Waals surface area contributed by atoms with Crippen LogP contribution in [0.1, 0.15) is 24.1 Å². The molecule has 1 atom stereocenters. The Morgan fingerprint density at radius 2 is 1.92 bits per heavy atom. The first-order chi connectivity index (χ1) is 12.0. The van der Waals surface area contributed by atoms with Gasteiger partial charge in [-0.2, -0.15) is 0 Å². The second-order valence-electron chi connectivity index (χ2n) is 5.73. The van der Waals surface area contributed by atoms with Gasteiger partial charge in [-0.25, -0.2) is 9.59 Å². The molecular weight excluding hydrogens is 320 g/mol. The average Bonchev–Trinajstić information content (AvgIpc) is 2.60. The van der Waals surface area contributed by atoms with E-state index in [2.05, 4.69) is 10.6 Å². The predicted octanol–water partition coefficient (Wildman–Crippen LogP) is 2.76. The summed E-state index contributed by atoms with van der Waals surface area (Å²) in [5.41, 5.74) is 2.20. The summed E-state index contributed by atoms with van der Waals surface area (Å²) in [6.07, 6.45) is 0. The fourth-order valence-electron chi connectivity index (χ4n) is 2.72.